The number of aliphatic hydroxyl groups is 1. The molecule has 2 aromatic rings. The van der Waals surface area contributed by atoms with Gasteiger partial charge in [0.1, 0.15) is 6.61 Å². The van der Waals surface area contributed by atoms with Gasteiger partial charge in [-0.05, 0) is 64.0 Å². The lowest BCUT2D eigenvalue weighted by Gasteiger charge is -2.22. The fourth-order valence-electron chi connectivity index (χ4n) is 3.87. The molecule has 2 heterocycles. The Morgan fingerprint density at radius 2 is 1.42 bits per heavy atom. The Morgan fingerprint density at radius 3 is 1.96 bits per heavy atom. The summed E-state index contributed by atoms with van der Waals surface area (Å²) in [7, 11) is 1.65. The molecule has 3 unspecified atom stereocenters. The minimum absolute atomic E-state index is 0.0255. The Labute approximate surface area is 283 Å². The second kappa shape index (κ2) is 25.8. The van der Waals surface area contributed by atoms with E-state index in [4.69, 9.17) is 24.1 Å². The number of cyclic esters (lactones) is 3. The van der Waals surface area contributed by atoms with Gasteiger partial charge in [0.15, 0.2) is 18.3 Å². The zero-order valence-corrected chi connectivity index (χ0v) is 28.4. The number of benzene rings is 2. The summed E-state index contributed by atoms with van der Waals surface area (Å²) in [6.07, 6.45) is 4.31. The topological polar surface area (TPSA) is 161 Å². The van der Waals surface area contributed by atoms with Gasteiger partial charge in [-0.15, -0.1) is 0 Å². The fraction of sp³-hybridized carbons (Fsp3) is 0.528. The molecule has 2 aliphatic rings. The van der Waals surface area contributed by atoms with Crippen molar-refractivity contribution in [1.82, 2.24) is 0 Å². The van der Waals surface area contributed by atoms with Crippen molar-refractivity contribution in [3.05, 3.63) is 71.8 Å². The normalized spacial score (nSPS) is 17.4. The highest BCUT2D eigenvalue weighted by Crippen LogP contribution is 2.09. The number of ether oxygens (including phenoxy) is 6. The average molecular weight is 675 g/mol. The van der Waals surface area contributed by atoms with Crippen molar-refractivity contribution in [2.45, 2.75) is 104 Å². The Balaban J connectivity index is 0.000000362. The van der Waals surface area contributed by atoms with Crippen LogP contribution in [0.2, 0.25) is 0 Å². The van der Waals surface area contributed by atoms with Crippen LogP contribution in [0, 0.1) is 0 Å². The van der Waals surface area contributed by atoms with E-state index < -0.39 is 36.2 Å². The lowest BCUT2D eigenvalue weighted by atomic mass is 10.2. The van der Waals surface area contributed by atoms with E-state index in [-0.39, 0.29) is 25.2 Å². The average Bonchev–Trinajstić information content (AvgIpc) is 3.35. The molecule has 2 aliphatic heterocycles. The van der Waals surface area contributed by atoms with E-state index in [0.29, 0.717) is 26.1 Å². The largest absolute Gasteiger partial charge is 0.466 e. The third kappa shape index (κ3) is 20.1. The maximum atomic E-state index is 11.8. The fourth-order valence-corrected chi connectivity index (χ4v) is 3.87. The molecule has 0 aromatic heterocycles. The molecule has 0 saturated carbocycles. The molecule has 12 nitrogen and oxygen atoms in total. The summed E-state index contributed by atoms with van der Waals surface area (Å²) < 4.78 is 29.1. The smallest absolute Gasteiger partial charge is 0.347 e. The molecule has 3 atom stereocenters. The maximum absolute atomic E-state index is 11.8. The zero-order valence-electron chi connectivity index (χ0n) is 28.4. The van der Waals surface area contributed by atoms with E-state index in [2.05, 4.69) is 9.47 Å². The van der Waals surface area contributed by atoms with Crippen LogP contribution in [0.4, 0.5) is 0 Å². The third-order valence-corrected chi connectivity index (χ3v) is 6.66. The van der Waals surface area contributed by atoms with Crippen molar-refractivity contribution in [1.29, 1.82) is 0 Å². The number of methoxy groups -OCH3 is 1. The number of esters is 5. The van der Waals surface area contributed by atoms with Gasteiger partial charge in [0.2, 0.25) is 0 Å². The van der Waals surface area contributed by atoms with Gasteiger partial charge in [-0.1, -0.05) is 67.1 Å². The van der Waals surface area contributed by atoms with Gasteiger partial charge in [0, 0.05) is 26.6 Å². The van der Waals surface area contributed by atoms with Crippen molar-refractivity contribution < 1.29 is 57.5 Å². The lowest BCUT2D eigenvalue weighted by Crippen LogP contribution is -2.40. The Hall–Kier alpha value is -4.29. The predicted octanol–water partition coefficient (Wildman–Crippen LogP) is 5.01. The number of carbonyl (C=O) groups excluding carboxylic acids is 5. The molecule has 0 spiro atoms. The van der Waals surface area contributed by atoms with E-state index in [9.17, 15) is 24.0 Å². The van der Waals surface area contributed by atoms with Gasteiger partial charge in [0.05, 0.1) is 13.2 Å². The molecule has 2 fully saturated rings. The molecular formula is C36H50O12. The van der Waals surface area contributed by atoms with Crippen LogP contribution in [0.1, 0.15) is 83.3 Å². The van der Waals surface area contributed by atoms with Crippen molar-refractivity contribution >= 4 is 29.8 Å². The molecular weight excluding hydrogens is 624 g/mol. The van der Waals surface area contributed by atoms with Gasteiger partial charge >= 0.3 is 29.8 Å². The SMILES string of the molecule is CC1OC(=O)C(C)OC1=O.COCCCCCC(=O)OC(C)C(=O)OCc1ccccc1.O=C1CCCCCO1.OCc1ccccc1. The van der Waals surface area contributed by atoms with Crippen LogP contribution in [-0.4, -0.2) is 73.6 Å². The Bertz CT molecular complexity index is 1170. The molecule has 1 N–H and O–H groups in total. The quantitative estimate of drug-likeness (QED) is 0.193. The lowest BCUT2D eigenvalue weighted by molar-refractivity contribution is -0.191. The van der Waals surface area contributed by atoms with Gasteiger partial charge in [-0.3, -0.25) is 9.59 Å². The van der Waals surface area contributed by atoms with Crippen LogP contribution >= 0.6 is 0 Å². The molecule has 2 aromatic carbocycles. The summed E-state index contributed by atoms with van der Waals surface area (Å²) >= 11 is 0. The van der Waals surface area contributed by atoms with Gasteiger partial charge in [-0.25, -0.2) is 14.4 Å². The molecule has 48 heavy (non-hydrogen) atoms. The molecule has 0 amide bonds. The second-order valence-corrected chi connectivity index (χ2v) is 10.9. The highest BCUT2D eigenvalue weighted by Gasteiger charge is 2.32. The van der Waals surface area contributed by atoms with Crippen LogP contribution in [0.15, 0.2) is 60.7 Å². The molecule has 12 heteroatoms. The maximum Gasteiger partial charge on any atom is 0.347 e. The second-order valence-electron chi connectivity index (χ2n) is 10.9. The van der Waals surface area contributed by atoms with Crippen LogP contribution < -0.4 is 0 Å². The highest BCUT2D eigenvalue weighted by atomic mass is 16.6. The number of hydrogen-bond donors (Lipinski definition) is 1. The van der Waals surface area contributed by atoms with Crippen molar-refractivity contribution in [2.75, 3.05) is 20.3 Å². The molecule has 4 rings (SSSR count). The number of rotatable bonds is 11. The minimum Gasteiger partial charge on any atom is -0.466 e. The summed E-state index contributed by atoms with van der Waals surface area (Å²) in [6, 6.07) is 18.9. The number of carbonyl (C=O) groups is 5. The van der Waals surface area contributed by atoms with E-state index in [0.717, 1.165) is 49.7 Å². The van der Waals surface area contributed by atoms with Crippen LogP contribution in [0.3, 0.4) is 0 Å². The number of hydrogen-bond acceptors (Lipinski definition) is 12. The van der Waals surface area contributed by atoms with Crippen molar-refractivity contribution in [3.63, 3.8) is 0 Å². The van der Waals surface area contributed by atoms with Gasteiger partial charge in [-0.2, -0.15) is 0 Å². The predicted molar refractivity (Wildman–Crippen MR) is 175 cm³/mol. The number of aliphatic hydroxyl groups excluding tert-OH is 1. The van der Waals surface area contributed by atoms with Crippen molar-refractivity contribution in [3.8, 4) is 0 Å². The molecule has 0 aliphatic carbocycles. The minimum atomic E-state index is -0.879. The molecule has 0 bridgehead atoms. The third-order valence-electron chi connectivity index (χ3n) is 6.66. The standard InChI is InChI=1S/C17H24O5.C7H8O.C6H8O4.C6H10O2/c1-14(22-16(18)11-7-4-8-12-20-2)17(19)21-13-15-9-5-3-6-10-15;8-6-7-4-2-1-3-5-7;1-3-5(7)10-4(2)6(8)9-3;7-6-4-2-1-3-5-8-6/h3,5-6,9-10,14H,4,7-8,11-13H2,1-2H3;1-5,8H,6H2;3-4H,1-2H3;1-5H2. The summed E-state index contributed by atoms with van der Waals surface area (Å²) in [6.45, 7) is 6.13. The van der Waals surface area contributed by atoms with Gasteiger partial charge in [0.25, 0.3) is 0 Å². The number of unbranched alkanes of at least 4 members (excludes halogenated alkanes) is 2. The van der Waals surface area contributed by atoms with Gasteiger partial charge < -0.3 is 33.5 Å². The summed E-state index contributed by atoms with van der Waals surface area (Å²) in [5.41, 5.74) is 1.86. The van der Waals surface area contributed by atoms with Crippen LogP contribution in [0.25, 0.3) is 0 Å². The first-order valence-corrected chi connectivity index (χ1v) is 16.2. The van der Waals surface area contributed by atoms with E-state index in [1.807, 2.05) is 60.7 Å². The first kappa shape index (κ1) is 41.7. The molecule has 266 valence electrons. The summed E-state index contributed by atoms with van der Waals surface area (Å²) in [5, 5.41) is 8.54. The Morgan fingerprint density at radius 1 is 0.833 bits per heavy atom. The zero-order chi connectivity index (χ0) is 35.6. The summed E-state index contributed by atoms with van der Waals surface area (Å²) in [4.78, 5) is 55.1. The van der Waals surface area contributed by atoms with E-state index in [1.54, 1.807) is 7.11 Å². The van der Waals surface area contributed by atoms with E-state index in [1.165, 1.54) is 20.8 Å². The Kier molecular flexibility index (Phi) is 22.4. The first-order chi connectivity index (χ1) is 23.1. The van der Waals surface area contributed by atoms with E-state index >= 15 is 0 Å². The monoisotopic (exact) mass is 674 g/mol. The van der Waals surface area contributed by atoms with Crippen molar-refractivity contribution in [2.24, 2.45) is 0 Å². The van der Waals surface area contributed by atoms with Crippen LogP contribution in [-0.2, 0) is 65.6 Å². The molecule has 0 radical (unpaired) electrons. The highest BCUT2D eigenvalue weighted by molar-refractivity contribution is 5.86. The summed E-state index contributed by atoms with van der Waals surface area (Å²) in [5.74, 6) is -1.89. The van der Waals surface area contributed by atoms with Crippen LogP contribution in [0.5, 0.6) is 0 Å². The first-order valence-electron chi connectivity index (χ1n) is 16.2. The molecule has 2 saturated heterocycles.